The summed E-state index contributed by atoms with van der Waals surface area (Å²) in [4.78, 5) is 9.06. The van der Waals surface area contributed by atoms with Crippen LogP contribution in [0.1, 0.15) is 22.3 Å². The zero-order valence-electron chi connectivity index (χ0n) is 18.4. The molecule has 0 bridgehead atoms. The molecule has 0 saturated heterocycles. The minimum absolute atomic E-state index is 0.308. The second kappa shape index (κ2) is 9.91. The summed E-state index contributed by atoms with van der Waals surface area (Å²) in [6.45, 7) is 3.76. The van der Waals surface area contributed by atoms with Gasteiger partial charge in [0.15, 0.2) is 0 Å². The number of nitriles is 2. The molecule has 1 heterocycles. The van der Waals surface area contributed by atoms with Crippen molar-refractivity contribution in [1.29, 1.82) is 10.5 Å². The number of anilines is 4. The Balaban J connectivity index is 1.69. The number of halogens is 1. The van der Waals surface area contributed by atoms with Gasteiger partial charge >= 0.3 is 0 Å². The molecule has 7 nitrogen and oxygen atoms in total. The summed E-state index contributed by atoms with van der Waals surface area (Å²) in [7, 11) is 0. The lowest BCUT2D eigenvalue weighted by atomic mass is 10.1. The van der Waals surface area contributed by atoms with Gasteiger partial charge in [-0.3, -0.25) is 0 Å². The Bertz CT molecular complexity index is 1400. The summed E-state index contributed by atoms with van der Waals surface area (Å²) in [5.41, 5.74) is 4.29. The number of nitrogens with zero attached hydrogens (tertiary/aromatic N) is 4. The fourth-order valence-electron chi connectivity index (χ4n) is 3.32. The Hall–Kier alpha value is -4.59. The Labute approximate surface area is 202 Å². The van der Waals surface area contributed by atoms with E-state index in [0.717, 1.165) is 22.5 Å². The van der Waals surface area contributed by atoms with Crippen LogP contribution < -0.4 is 15.4 Å². The number of rotatable bonds is 6. The SMILES string of the molecule is Cc1cc(C#N)cc(C)c1Oc1cc(Nc2ccc(Cl)cc2)nc(Nc2ccc(C#N)cc2)n1. The van der Waals surface area contributed by atoms with Gasteiger partial charge in [-0.05, 0) is 85.6 Å². The third kappa shape index (κ3) is 5.42. The van der Waals surface area contributed by atoms with Crippen molar-refractivity contribution in [2.75, 3.05) is 10.6 Å². The molecule has 34 heavy (non-hydrogen) atoms. The van der Waals surface area contributed by atoms with Crippen LogP contribution in [-0.4, -0.2) is 9.97 Å². The predicted molar refractivity (Wildman–Crippen MR) is 132 cm³/mol. The minimum Gasteiger partial charge on any atom is -0.438 e. The van der Waals surface area contributed by atoms with Crippen molar-refractivity contribution in [3.8, 4) is 23.8 Å². The van der Waals surface area contributed by atoms with E-state index in [1.54, 1.807) is 54.6 Å². The molecule has 2 N–H and O–H groups in total. The van der Waals surface area contributed by atoms with E-state index in [9.17, 15) is 5.26 Å². The Morgan fingerprint density at radius 2 is 1.35 bits per heavy atom. The van der Waals surface area contributed by atoms with Crippen LogP contribution >= 0.6 is 11.6 Å². The molecule has 0 saturated carbocycles. The van der Waals surface area contributed by atoms with Crippen LogP contribution in [0.2, 0.25) is 5.02 Å². The standard InChI is InChI=1S/C26H19ClN6O/c1-16-11-19(15-29)12-17(2)25(16)34-24-13-23(30-21-9-5-20(27)6-10-21)32-26(33-24)31-22-7-3-18(14-28)4-8-22/h3-13H,1-2H3,(H2,30,31,32,33). The van der Waals surface area contributed by atoms with E-state index in [0.29, 0.717) is 39.5 Å². The molecule has 1 aromatic heterocycles. The van der Waals surface area contributed by atoms with Crippen LogP contribution in [0.15, 0.2) is 66.7 Å². The average Bonchev–Trinajstić information content (AvgIpc) is 2.83. The number of aryl methyl sites for hydroxylation is 2. The second-order valence-corrected chi connectivity index (χ2v) is 7.95. The number of hydrogen-bond acceptors (Lipinski definition) is 7. The van der Waals surface area contributed by atoms with E-state index in [2.05, 4.69) is 32.7 Å². The van der Waals surface area contributed by atoms with Gasteiger partial charge in [0, 0.05) is 22.5 Å². The van der Waals surface area contributed by atoms with Crippen molar-refractivity contribution in [1.82, 2.24) is 9.97 Å². The zero-order valence-corrected chi connectivity index (χ0v) is 19.2. The van der Waals surface area contributed by atoms with Crippen LogP contribution in [0.25, 0.3) is 0 Å². The Morgan fingerprint density at radius 3 is 1.97 bits per heavy atom. The van der Waals surface area contributed by atoms with E-state index in [4.69, 9.17) is 21.6 Å². The number of nitrogens with one attached hydrogen (secondary N) is 2. The largest absolute Gasteiger partial charge is 0.438 e. The van der Waals surface area contributed by atoms with Gasteiger partial charge < -0.3 is 15.4 Å². The van der Waals surface area contributed by atoms with Gasteiger partial charge in [0.05, 0.1) is 23.3 Å². The first-order chi connectivity index (χ1) is 16.4. The van der Waals surface area contributed by atoms with Crippen LogP contribution in [0.5, 0.6) is 11.6 Å². The van der Waals surface area contributed by atoms with Crippen LogP contribution in [0, 0.1) is 36.5 Å². The van der Waals surface area contributed by atoms with Crippen LogP contribution in [0.3, 0.4) is 0 Å². The number of aromatic nitrogens is 2. The summed E-state index contributed by atoms with van der Waals surface area (Å²) in [5.74, 6) is 1.76. The molecule has 4 rings (SSSR count). The quantitative estimate of drug-likeness (QED) is 0.323. The highest BCUT2D eigenvalue weighted by molar-refractivity contribution is 6.30. The molecule has 0 unspecified atom stereocenters. The predicted octanol–water partition coefficient (Wildman–Crippen LogP) is 6.77. The molecule has 166 valence electrons. The van der Waals surface area contributed by atoms with Crippen molar-refractivity contribution in [2.24, 2.45) is 0 Å². The van der Waals surface area contributed by atoms with Crippen LogP contribution in [-0.2, 0) is 0 Å². The van der Waals surface area contributed by atoms with E-state index in [1.165, 1.54) is 0 Å². The highest BCUT2D eigenvalue weighted by atomic mass is 35.5. The highest BCUT2D eigenvalue weighted by Crippen LogP contribution is 2.31. The summed E-state index contributed by atoms with van der Waals surface area (Å²) in [6.07, 6.45) is 0. The fraction of sp³-hybridized carbons (Fsp3) is 0.0769. The first kappa shape index (κ1) is 22.6. The summed E-state index contributed by atoms with van der Waals surface area (Å²) in [6, 6.07) is 23.7. The molecule has 8 heteroatoms. The third-order valence-corrected chi connectivity index (χ3v) is 5.14. The molecule has 3 aromatic carbocycles. The van der Waals surface area contributed by atoms with E-state index in [-0.39, 0.29) is 0 Å². The normalized spacial score (nSPS) is 10.1. The van der Waals surface area contributed by atoms with Crippen LogP contribution in [0.4, 0.5) is 23.1 Å². The Kier molecular flexibility index (Phi) is 6.59. The van der Waals surface area contributed by atoms with Gasteiger partial charge in [0.1, 0.15) is 11.6 Å². The lowest BCUT2D eigenvalue weighted by Crippen LogP contribution is -2.03. The van der Waals surface area contributed by atoms with Gasteiger partial charge in [-0.2, -0.15) is 20.5 Å². The minimum atomic E-state index is 0.308. The van der Waals surface area contributed by atoms with E-state index in [1.807, 2.05) is 26.0 Å². The second-order valence-electron chi connectivity index (χ2n) is 7.51. The van der Waals surface area contributed by atoms with E-state index >= 15 is 0 Å². The first-order valence-electron chi connectivity index (χ1n) is 10.3. The summed E-state index contributed by atoms with van der Waals surface area (Å²) < 4.78 is 6.15. The number of benzene rings is 3. The molecular weight excluding hydrogens is 448 g/mol. The van der Waals surface area contributed by atoms with Gasteiger partial charge in [0.25, 0.3) is 0 Å². The molecule has 0 aliphatic heterocycles. The first-order valence-corrected chi connectivity index (χ1v) is 10.7. The van der Waals surface area contributed by atoms with Gasteiger partial charge in [0.2, 0.25) is 11.8 Å². The molecule has 0 amide bonds. The lowest BCUT2D eigenvalue weighted by Gasteiger charge is -2.14. The monoisotopic (exact) mass is 466 g/mol. The van der Waals surface area contributed by atoms with Gasteiger partial charge in [-0.25, -0.2) is 0 Å². The average molecular weight is 467 g/mol. The van der Waals surface area contributed by atoms with Crippen molar-refractivity contribution < 1.29 is 4.74 Å². The number of hydrogen-bond donors (Lipinski definition) is 2. The maximum atomic E-state index is 9.22. The van der Waals surface area contributed by atoms with Gasteiger partial charge in [-0.1, -0.05) is 11.6 Å². The molecule has 0 atom stereocenters. The molecule has 4 aromatic rings. The van der Waals surface area contributed by atoms with Crippen molar-refractivity contribution in [3.05, 3.63) is 94.0 Å². The maximum Gasteiger partial charge on any atom is 0.232 e. The summed E-state index contributed by atoms with van der Waals surface area (Å²) >= 11 is 5.99. The van der Waals surface area contributed by atoms with Gasteiger partial charge in [-0.15, -0.1) is 0 Å². The van der Waals surface area contributed by atoms with E-state index < -0.39 is 0 Å². The maximum absolute atomic E-state index is 9.22. The molecule has 0 radical (unpaired) electrons. The molecule has 0 fully saturated rings. The molecule has 0 spiro atoms. The van der Waals surface area contributed by atoms with Crippen molar-refractivity contribution in [3.63, 3.8) is 0 Å². The third-order valence-electron chi connectivity index (χ3n) is 4.89. The molecule has 0 aliphatic carbocycles. The Morgan fingerprint density at radius 1 is 0.765 bits per heavy atom. The highest BCUT2D eigenvalue weighted by Gasteiger charge is 2.12. The van der Waals surface area contributed by atoms with Crippen molar-refractivity contribution in [2.45, 2.75) is 13.8 Å². The fourth-order valence-corrected chi connectivity index (χ4v) is 3.44. The van der Waals surface area contributed by atoms with Crippen molar-refractivity contribution >= 4 is 34.7 Å². The molecule has 0 aliphatic rings. The lowest BCUT2D eigenvalue weighted by molar-refractivity contribution is 0.456. The smallest absolute Gasteiger partial charge is 0.232 e. The summed E-state index contributed by atoms with van der Waals surface area (Å²) in [5, 5.41) is 25.2. The topological polar surface area (TPSA) is 107 Å². The molecular formula is C26H19ClN6O. The zero-order chi connectivity index (χ0) is 24.1. The number of ether oxygens (including phenoxy) is 1.